The second kappa shape index (κ2) is 4.85. The fourth-order valence-electron chi connectivity index (χ4n) is 1.64. The van der Waals surface area contributed by atoms with Crippen LogP contribution in [0, 0.1) is 0 Å². The fourth-order valence-corrected chi connectivity index (χ4v) is 1.64. The molecule has 1 fully saturated rings. The largest absolute Gasteiger partial charge is 0.427 e. The molecule has 0 saturated heterocycles. The number of carbonyl (C=O) groups is 1. The average Bonchev–Trinajstić information content (AvgIpc) is 2.15. The first kappa shape index (κ1) is 10.0. The van der Waals surface area contributed by atoms with Crippen LogP contribution in [0.25, 0.3) is 0 Å². The van der Waals surface area contributed by atoms with Gasteiger partial charge >= 0.3 is 5.97 Å². The van der Waals surface area contributed by atoms with Gasteiger partial charge in [-0.1, -0.05) is 13.0 Å². The highest BCUT2D eigenvalue weighted by atomic mass is 16.5. The number of esters is 1. The predicted molar refractivity (Wildman–Crippen MR) is 52.1 cm³/mol. The smallest absolute Gasteiger partial charge is 0.308 e. The van der Waals surface area contributed by atoms with Crippen LogP contribution in [0.2, 0.25) is 0 Å². The third-order valence-corrected chi connectivity index (χ3v) is 2.24. The Morgan fingerprint density at radius 3 is 2.46 bits per heavy atom. The van der Waals surface area contributed by atoms with Gasteiger partial charge in [0.25, 0.3) is 0 Å². The van der Waals surface area contributed by atoms with Crippen LogP contribution in [0.3, 0.4) is 0 Å². The zero-order chi connectivity index (χ0) is 9.68. The summed E-state index contributed by atoms with van der Waals surface area (Å²) in [5.74, 6) is 0.431. The van der Waals surface area contributed by atoms with Gasteiger partial charge in [0.05, 0.1) is 0 Å². The lowest BCUT2D eigenvalue weighted by atomic mass is 9.94. The lowest BCUT2D eigenvalue weighted by molar-refractivity contribution is -0.136. The molecule has 1 aliphatic carbocycles. The predicted octanol–water partition coefficient (Wildman–Crippen LogP) is 2.95. The van der Waals surface area contributed by atoms with E-state index in [-0.39, 0.29) is 5.97 Å². The standard InChI is InChI=1S/C11H16O2/c1-3-11(13-9(2)12)10-7-5-4-6-8-10/h3H,1,4-8H2,2H3. The minimum absolute atomic E-state index is 0.257. The third-order valence-electron chi connectivity index (χ3n) is 2.24. The van der Waals surface area contributed by atoms with Gasteiger partial charge in [-0.3, -0.25) is 4.79 Å². The summed E-state index contributed by atoms with van der Waals surface area (Å²) in [5.41, 5.74) is 1.25. The maximum absolute atomic E-state index is 10.8. The lowest BCUT2D eigenvalue weighted by Crippen LogP contribution is -2.03. The molecule has 0 aromatic rings. The van der Waals surface area contributed by atoms with Gasteiger partial charge < -0.3 is 4.74 Å². The number of rotatable bonds is 2. The molecular formula is C11H16O2. The van der Waals surface area contributed by atoms with E-state index in [0.717, 1.165) is 12.8 Å². The summed E-state index contributed by atoms with van der Waals surface area (Å²) in [6.07, 6.45) is 7.43. The van der Waals surface area contributed by atoms with Crippen LogP contribution >= 0.6 is 0 Å². The Kier molecular flexibility index (Phi) is 3.74. The molecule has 0 atom stereocenters. The van der Waals surface area contributed by atoms with E-state index in [2.05, 4.69) is 6.58 Å². The summed E-state index contributed by atoms with van der Waals surface area (Å²) in [4.78, 5) is 10.8. The first-order chi connectivity index (χ1) is 6.24. The molecule has 0 unspecified atom stereocenters. The SMILES string of the molecule is C=CC(OC(C)=O)=C1CCCCC1. The Hall–Kier alpha value is -1.05. The second-order valence-electron chi connectivity index (χ2n) is 3.33. The Bertz CT molecular complexity index is 230. The van der Waals surface area contributed by atoms with Gasteiger partial charge in [-0.25, -0.2) is 0 Å². The summed E-state index contributed by atoms with van der Waals surface area (Å²) in [7, 11) is 0. The van der Waals surface area contributed by atoms with Gasteiger partial charge in [-0.2, -0.15) is 0 Å². The molecule has 1 saturated carbocycles. The van der Waals surface area contributed by atoms with Crippen LogP contribution in [-0.4, -0.2) is 5.97 Å². The maximum Gasteiger partial charge on any atom is 0.308 e. The van der Waals surface area contributed by atoms with E-state index in [9.17, 15) is 4.79 Å². The molecule has 1 aliphatic rings. The van der Waals surface area contributed by atoms with Crippen molar-refractivity contribution in [2.45, 2.75) is 39.0 Å². The van der Waals surface area contributed by atoms with Gasteiger partial charge in [-0.05, 0) is 37.3 Å². The second-order valence-corrected chi connectivity index (χ2v) is 3.33. The third kappa shape index (κ3) is 3.05. The van der Waals surface area contributed by atoms with Gasteiger partial charge in [-0.15, -0.1) is 0 Å². The molecule has 0 aliphatic heterocycles. The number of hydrogen-bond donors (Lipinski definition) is 0. The average molecular weight is 180 g/mol. The molecule has 0 amide bonds. The molecule has 0 heterocycles. The van der Waals surface area contributed by atoms with Crippen molar-refractivity contribution in [2.75, 3.05) is 0 Å². The van der Waals surface area contributed by atoms with E-state index < -0.39 is 0 Å². The van der Waals surface area contributed by atoms with E-state index in [1.165, 1.54) is 31.8 Å². The molecule has 0 bridgehead atoms. The number of allylic oxidation sites excluding steroid dienone is 2. The Morgan fingerprint density at radius 2 is 2.00 bits per heavy atom. The minimum Gasteiger partial charge on any atom is -0.427 e. The summed E-state index contributed by atoms with van der Waals surface area (Å²) in [5, 5.41) is 0. The molecule has 0 radical (unpaired) electrons. The molecular weight excluding hydrogens is 164 g/mol. The highest BCUT2D eigenvalue weighted by Gasteiger charge is 2.11. The van der Waals surface area contributed by atoms with Gasteiger partial charge in [0.2, 0.25) is 0 Å². The van der Waals surface area contributed by atoms with Crippen molar-refractivity contribution < 1.29 is 9.53 Å². The summed E-state index contributed by atoms with van der Waals surface area (Å²) in [6.45, 7) is 5.08. The van der Waals surface area contributed by atoms with Gasteiger partial charge in [0.15, 0.2) is 0 Å². The van der Waals surface area contributed by atoms with E-state index in [1.807, 2.05) is 0 Å². The van der Waals surface area contributed by atoms with Crippen molar-refractivity contribution in [1.29, 1.82) is 0 Å². The Labute approximate surface area is 79.3 Å². The highest BCUT2D eigenvalue weighted by Crippen LogP contribution is 2.26. The molecule has 1 rings (SSSR count). The molecule has 72 valence electrons. The minimum atomic E-state index is -0.257. The number of carbonyl (C=O) groups excluding carboxylic acids is 1. The van der Waals surface area contributed by atoms with E-state index in [4.69, 9.17) is 4.74 Å². The first-order valence-electron chi connectivity index (χ1n) is 4.77. The Balaban J connectivity index is 2.69. The van der Waals surface area contributed by atoms with Crippen molar-refractivity contribution in [2.24, 2.45) is 0 Å². The van der Waals surface area contributed by atoms with E-state index in [1.54, 1.807) is 6.08 Å². The van der Waals surface area contributed by atoms with Gasteiger partial charge in [0.1, 0.15) is 5.76 Å². The number of hydrogen-bond acceptors (Lipinski definition) is 2. The van der Waals surface area contributed by atoms with Crippen LogP contribution < -0.4 is 0 Å². The van der Waals surface area contributed by atoms with Crippen LogP contribution in [-0.2, 0) is 9.53 Å². The van der Waals surface area contributed by atoms with Crippen molar-refractivity contribution >= 4 is 5.97 Å². The summed E-state index contributed by atoms with van der Waals surface area (Å²) < 4.78 is 5.06. The van der Waals surface area contributed by atoms with Crippen molar-refractivity contribution in [3.05, 3.63) is 24.0 Å². The van der Waals surface area contributed by atoms with Gasteiger partial charge in [0, 0.05) is 6.92 Å². The van der Waals surface area contributed by atoms with Crippen LogP contribution in [0.1, 0.15) is 39.0 Å². The molecule has 13 heavy (non-hydrogen) atoms. The van der Waals surface area contributed by atoms with E-state index >= 15 is 0 Å². The topological polar surface area (TPSA) is 26.3 Å². The van der Waals surface area contributed by atoms with Crippen LogP contribution in [0.15, 0.2) is 24.0 Å². The molecule has 0 N–H and O–H groups in total. The zero-order valence-electron chi connectivity index (χ0n) is 8.14. The quantitative estimate of drug-likeness (QED) is 0.482. The Morgan fingerprint density at radius 1 is 1.38 bits per heavy atom. The summed E-state index contributed by atoms with van der Waals surface area (Å²) >= 11 is 0. The van der Waals surface area contributed by atoms with Crippen molar-refractivity contribution in [1.82, 2.24) is 0 Å². The normalized spacial score (nSPS) is 16.5. The zero-order valence-corrected chi connectivity index (χ0v) is 8.14. The maximum atomic E-state index is 10.8. The first-order valence-corrected chi connectivity index (χ1v) is 4.77. The molecule has 0 spiro atoms. The monoisotopic (exact) mass is 180 g/mol. The molecule has 0 aromatic carbocycles. The summed E-state index contributed by atoms with van der Waals surface area (Å²) in [6, 6.07) is 0. The number of ether oxygens (including phenoxy) is 1. The van der Waals surface area contributed by atoms with Crippen molar-refractivity contribution in [3.8, 4) is 0 Å². The molecule has 2 heteroatoms. The van der Waals surface area contributed by atoms with Crippen LogP contribution in [0.5, 0.6) is 0 Å². The fraction of sp³-hybridized carbons (Fsp3) is 0.545. The highest BCUT2D eigenvalue weighted by molar-refractivity contribution is 5.67. The molecule has 2 nitrogen and oxygen atoms in total. The lowest BCUT2D eigenvalue weighted by Gasteiger charge is -2.16. The molecule has 0 aromatic heterocycles. The van der Waals surface area contributed by atoms with E-state index in [0.29, 0.717) is 5.76 Å². The van der Waals surface area contributed by atoms with Crippen molar-refractivity contribution in [3.63, 3.8) is 0 Å². The van der Waals surface area contributed by atoms with Crippen LogP contribution in [0.4, 0.5) is 0 Å².